The SMILES string of the molecule is Cc1cc(=O)n(CCC(=O)NN)c(C)n1. The number of hydrogen-bond acceptors (Lipinski definition) is 4. The molecule has 6 nitrogen and oxygen atoms in total. The summed E-state index contributed by atoms with van der Waals surface area (Å²) in [6, 6.07) is 1.44. The number of amides is 1. The fourth-order valence-electron chi connectivity index (χ4n) is 1.32. The standard InChI is InChI=1S/C9H14N4O2/c1-6-5-9(15)13(7(2)11-6)4-3-8(14)12-10/h5H,3-4,10H2,1-2H3,(H,12,14). The van der Waals surface area contributed by atoms with E-state index in [0.717, 1.165) is 0 Å². The molecular weight excluding hydrogens is 196 g/mol. The zero-order valence-electron chi connectivity index (χ0n) is 8.78. The summed E-state index contributed by atoms with van der Waals surface area (Å²) in [7, 11) is 0. The lowest BCUT2D eigenvalue weighted by atomic mass is 10.3. The third-order valence-corrected chi connectivity index (χ3v) is 2.05. The highest BCUT2D eigenvalue weighted by atomic mass is 16.2. The van der Waals surface area contributed by atoms with E-state index in [1.807, 2.05) is 5.43 Å². The monoisotopic (exact) mass is 210 g/mol. The van der Waals surface area contributed by atoms with Gasteiger partial charge in [-0.1, -0.05) is 0 Å². The molecule has 3 N–H and O–H groups in total. The highest BCUT2D eigenvalue weighted by Crippen LogP contribution is 1.95. The smallest absolute Gasteiger partial charge is 0.253 e. The van der Waals surface area contributed by atoms with Crippen LogP contribution in [0.5, 0.6) is 0 Å². The fraction of sp³-hybridized carbons (Fsp3) is 0.444. The summed E-state index contributed by atoms with van der Waals surface area (Å²) in [4.78, 5) is 26.6. The molecule has 0 saturated carbocycles. The lowest BCUT2D eigenvalue weighted by Crippen LogP contribution is -2.32. The maximum atomic E-state index is 11.5. The molecule has 1 aromatic heterocycles. The Hall–Kier alpha value is -1.69. The number of hydrazine groups is 1. The molecule has 0 unspecified atom stereocenters. The molecule has 0 radical (unpaired) electrons. The highest BCUT2D eigenvalue weighted by molar-refractivity contribution is 5.75. The molecule has 0 fully saturated rings. The Morgan fingerprint density at radius 3 is 2.80 bits per heavy atom. The minimum atomic E-state index is -0.304. The van der Waals surface area contributed by atoms with E-state index in [1.54, 1.807) is 13.8 Å². The summed E-state index contributed by atoms with van der Waals surface area (Å²) in [5.74, 6) is 5.23. The molecular formula is C9H14N4O2. The number of aromatic nitrogens is 2. The summed E-state index contributed by atoms with van der Waals surface area (Å²) >= 11 is 0. The Labute approximate surface area is 87.1 Å². The molecule has 6 heteroatoms. The van der Waals surface area contributed by atoms with Crippen LogP contribution >= 0.6 is 0 Å². The zero-order valence-corrected chi connectivity index (χ0v) is 8.78. The second kappa shape index (κ2) is 4.70. The van der Waals surface area contributed by atoms with Gasteiger partial charge in [0.1, 0.15) is 5.82 Å². The van der Waals surface area contributed by atoms with Crippen LogP contribution in [-0.4, -0.2) is 15.5 Å². The van der Waals surface area contributed by atoms with Crippen LogP contribution in [0.3, 0.4) is 0 Å². The van der Waals surface area contributed by atoms with Crippen LogP contribution in [0.15, 0.2) is 10.9 Å². The Kier molecular flexibility index (Phi) is 3.56. The van der Waals surface area contributed by atoms with Crippen LogP contribution in [-0.2, 0) is 11.3 Å². The quantitative estimate of drug-likeness (QED) is 0.390. The molecule has 1 aromatic rings. The van der Waals surface area contributed by atoms with Gasteiger partial charge >= 0.3 is 0 Å². The molecule has 1 rings (SSSR count). The van der Waals surface area contributed by atoms with Crippen LogP contribution in [0.1, 0.15) is 17.9 Å². The van der Waals surface area contributed by atoms with Crippen LogP contribution in [0.2, 0.25) is 0 Å². The van der Waals surface area contributed by atoms with Gasteiger partial charge in [-0.2, -0.15) is 0 Å². The lowest BCUT2D eigenvalue weighted by molar-refractivity contribution is -0.121. The zero-order chi connectivity index (χ0) is 11.4. The van der Waals surface area contributed by atoms with Crippen molar-refractivity contribution >= 4 is 5.91 Å². The number of aryl methyl sites for hydroxylation is 2. The Morgan fingerprint density at radius 1 is 1.60 bits per heavy atom. The number of rotatable bonds is 3. The van der Waals surface area contributed by atoms with E-state index in [2.05, 4.69) is 4.98 Å². The van der Waals surface area contributed by atoms with Gasteiger partial charge in [-0.15, -0.1) is 0 Å². The molecule has 1 heterocycles. The second-order valence-electron chi connectivity index (χ2n) is 3.25. The first-order valence-corrected chi connectivity index (χ1v) is 4.59. The minimum absolute atomic E-state index is 0.148. The Morgan fingerprint density at radius 2 is 2.27 bits per heavy atom. The Bertz CT molecular complexity index is 425. The van der Waals surface area contributed by atoms with E-state index in [9.17, 15) is 9.59 Å². The number of carbonyl (C=O) groups is 1. The van der Waals surface area contributed by atoms with Crippen molar-refractivity contribution in [1.29, 1.82) is 0 Å². The first-order valence-electron chi connectivity index (χ1n) is 4.59. The van der Waals surface area contributed by atoms with E-state index in [4.69, 9.17) is 5.84 Å². The van der Waals surface area contributed by atoms with Crippen molar-refractivity contribution in [2.75, 3.05) is 0 Å². The van der Waals surface area contributed by atoms with E-state index in [1.165, 1.54) is 10.6 Å². The minimum Gasteiger partial charge on any atom is -0.296 e. The predicted molar refractivity (Wildman–Crippen MR) is 54.9 cm³/mol. The third-order valence-electron chi connectivity index (χ3n) is 2.05. The summed E-state index contributed by atoms with van der Waals surface area (Å²) in [5.41, 5.74) is 2.54. The Balaban J connectivity index is 2.86. The van der Waals surface area contributed by atoms with Gasteiger partial charge in [-0.3, -0.25) is 19.6 Å². The first kappa shape index (κ1) is 11.4. The van der Waals surface area contributed by atoms with Crippen molar-refractivity contribution in [2.24, 2.45) is 5.84 Å². The normalized spacial score (nSPS) is 10.1. The van der Waals surface area contributed by atoms with Gasteiger partial charge in [-0.25, -0.2) is 10.8 Å². The van der Waals surface area contributed by atoms with Gasteiger partial charge in [-0.05, 0) is 13.8 Å². The molecule has 15 heavy (non-hydrogen) atoms. The molecule has 0 bridgehead atoms. The van der Waals surface area contributed by atoms with E-state index < -0.39 is 0 Å². The number of hydrogen-bond donors (Lipinski definition) is 2. The van der Waals surface area contributed by atoms with Crippen LogP contribution in [0.25, 0.3) is 0 Å². The molecule has 1 amide bonds. The van der Waals surface area contributed by atoms with Gasteiger partial charge in [0.05, 0.1) is 0 Å². The average Bonchev–Trinajstić information content (AvgIpc) is 2.15. The third kappa shape index (κ3) is 2.88. The average molecular weight is 210 g/mol. The number of nitrogens with one attached hydrogen (secondary N) is 1. The van der Waals surface area contributed by atoms with Crippen molar-refractivity contribution in [2.45, 2.75) is 26.8 Å². The van der Waals surface area contributed by atoms with Crippen molar-refractivity contribution in [3.63, 3.8) is 0 Å². The van der Waals surface area contributed by atoms with E-state index in [0.29, 0.717) is 18.1 Å². The molecule has 0 atom stereocenters. The maximum absolute atomic E-state index is 11.5. The van der Waals surface area contributed by atoms with Crippen LogP contribution in [0.4, 0.5) is 0 Å². The van der Waals surface area contributed by atoms with Crippen LogP contribution in [0, 0.1) is 13.8 Å². The van der Waals surface area contributed by atoms with E-state index in [-0.39, 0.29) is 17.9 Å². The van der Waals surface area contributed by atoms with Crippen molar-refractivity contribution < 1.29 is 4.79 Å². The summed E-state index contributed by atoms with van der Waals surface area (Å²) in [6.45, 7) is 3.78. The van der Waals surface area contributed by atoms with E-state index >= 15 is 0 Å². The molecule has 82 valence electrons. The molecule has 0 aliphatic heterocycles. The summed E-state index contributed by atoms with van der Waals surface area (Å²) < 4.78 is 1.45. The van der Waals surface area contributed by atoms with Crippen molar-refractivity contribution in [3.8, 4) is 0 Å². The summed E-state index contributed by atoms with van der Waals surface area (Å²) in [6.07, 6.45) is 0.169. The molecule has 0 aromatic carbocycles. The number of nitrogens with two attached hydrogens (primary N) is 1. The molecule has 0 saturated heterocycles. The number of carbonyl (C=O) groups excluding carboxylic acids is 1. The second-order valence-corrected chi connectivity index (χ2v) is 3.25. The summed E-state index contributed by atoms with van der Waals surface area (Å²) in [5, 5.41) is 0. The molecule has 0 aliphatic rings. The van der Waals surface area contributed by atoms with Crippen molar-refractivity contribution in [3.05, 3.63) is 27.9 Å². The van der Waals surface area contributed by atoms with Crippen molar-refractivity contribution in [1.82, 2.24) is 15.0 Å². The van der Waals surface area contributed by atoms with Gasteiger partial charge in [0.2, 0.25) is 5.91 Å². The highest BCUT2D eigenvalue weighted by Gasteiger charge is 2.05. The van der Waals surface area contributed by atoms with Gasteiger partial charge in [0.25, 0.3) is 5.56 Å². The largest absolute Gasteiger partial charge is 0.296 e. The van der Waals surface area contributed by atoms with Crippen LogP contribution < -0.4 is 16.8 Å². The lowest BCUT2D eigenvalue weighted by Gasteiger charge is -2.08. The molecule has 0 spiro atoms. The predicted octanol–water partition coefficient (Wildman–Crippen LogP) is -0.760. The van der Waals surface area contributed by atoms with Gasteiger partial charge < -0.3 is 0 Å². The topological polar surface area (TPSA) is 90.0 Å². The molecule has 0 aliphatic carbocycles. The number of nitrogens with zero attached hydrogens (tertiary/aromatic N) is 2. The first-order chi connectivity index (χ1) is 7.04. The van der Waals surface area contributed by atoms with Gasteiger partial charge in [0.15, 0.2) is 0 Å². The fourth-order valence-corrected chi connectivity index (χ4v) is 1.32. The van der Waals surface area contributed by atoms with Gasteiger partial charge in [0, 0.05) is 24.7 Å². The maximum Gasteiger partial charge on any atom is 0.253 e.